The van der Waals surface area contributed by atoms with E-state index >= 15 is 0 Å². The molecule has 0 amide bonds. The second-order valence-electron chi connectivity index (χ2n) is 5.11. The SMILES string of the molecule is Cn1ncnc1CC(O)C(C)(C)c1ccccc1. The van der Waals surface area contributed by atoms with Gasteiger partial charge in [-0.25, -0.2) is 4.98 Å². The number of nitrogens with zero attached hydrogens (tertiary/aromatic N) is 3. The molecule has 0 saturated heterocycles. The van der Waals surface area contributed by atoms with Crippen molar-refractivity contribution in [3.63, 3.8) is 0 Å². The van der Waals surface area contributed by atoms with Crippen LogP contribution in [0.25, 0.3) is 0 Å². The molecule has 0 saturated carbocycles. The quantitative estimate of drug-likeness (QED) is 0.892. The average Bonchev–Trinajstić information content (AvgIpc) is 2.76. The van der Waals surface area contributed by atoms with Crippen molar-refractivity contribution < 1.29 is 5.11 Å². The van der Waals surface area contributed by atoms with Gasteiger partial charge in [0.25, 0.3) is 0 Å². The molecule has 96 valence electrons. The zero-order chi connectivity index (χ0) is 13.2. The first-order valence-corrected chi connectivity index (χ1v) is 6.08. The van der Waals surface area contributed by atoms with Crippen molar-refractivity contribution >= 4 is 0 Å². The number of aryl methyl sites for hydroxylation is 1. The molecule has 0 bridgehead atoms. The lowest BCUT2D eigenvalue weighted by Crippen LogP contribution is -2.36. The predicted octanol–water partition coefficient (Wildman–Crippen LogP) is 1.70. The van der Waals surface area contributed by atoms with Crippen LogP contribution in [-0.4, -0.2) is 26.0 Å². The zero-order valence-corrected chi connectivity index (χ0v) is 11.0. The summed E-state index contributed by atoms with van der Waals surface area (Å²) in [6.45, 7) is 4.09. The Labute approximate surface area is 107 Å². The maximum absolute atomic E-state index is 10.4. The van der Waals surface area contributed by atoms with Gasteiger partial charge in [0, 0.05) is 18.9 Å². The van der Waals surface area contributed by atoms with Crippen LogP contribution in [-0.2, 0) is 18.9 Å². The molecule has 1 unspecified atom stereocenters. The van der Waals surface area contributed by atoms with Crippen molar-refractivity contribution in [2.45, 2.75) is 31.8 Å². The van der Waals surface area contributed by atoms with E-state index in [2.05, 4.69) is 10.1 Å². The molecule has 0 aliphatic rings. The summed E-state index contributed by atoms with van der Waals surface area (Å²) in [5.74, 6) is 0.798. The van der Waals surface area contributed by atoms with E-state index < -0.39 is 6.10 Å². The fraction of sp³-hybridized carbons (Fsp3) is 0.429. The predicted molar refractivity (Wildman–Crippen MR) is 70.2 cm³/mol. The average molecular weight is 245 g/mol. The maximum Gasteiger partial charge on any atom is 0.138 e. The van der Waals surface area contributed by atoms with E-state index in [1.165, 1.54) is 6.33 Å². The zero-order valence-electron chi connectivity index (χ0n) is 11.0. The molecule has 1 N–H and O–H groups in total. The molecule has 1 heterocycles. The van der Waals surface area contributed by atoms with Gasteiger partial charge in [0.15, 0.2) is 0 Å². The minimum Gasteiger partial charge on any atom is -0.392 e. The fourth-order valence-corrected chi connectivity index (χ4v) is 1.99. The van der Waals surface area contributed by atoms with Crippen LogP contribution in [0.2, 0.25) is 0 Å². The molecule has 1 aromatic heterocycles. The summed E-state index contributed by atoms with van der Waals surface area (Å²) >= 11 is 0. The Morgan fingerprint density at radius 3 is 2.50 bits per heavy atom. The monoisotopic (exact) mass is 245 g/mol. The van der Waals surface area contributed by atoms with E-state index in [0.717, 1.165) is 11.4 Å². The standard InChI is InChI=1S/C14H19N3O/c1-14(2,11-7-5-4-6-8-11)12(18)9-13-15-10-16-17(13)3/h4-8,10,12,18H,9H2,1-3H3. The Morgan fingerprint density at radius 1 is 1.28 bits per heavy atom. The number of aliphatic hydroxyl groups excluding tert-OH is 1. The van der Waals surface area contributed by atoms with Crippen molar-refractivity contribution in [2.24, 2.45) is 7.05 Å². The molecule has 0 radical (unpaired) electrons. The van der Waals surface area contributed by atoms with Crippen molar-refractivity contribution in [1.29, 1.82) is 0 Å². The lowest BCUT2D eigenvalue weighted by Gasteiger charge is -2.30. The summed E-state index contributed by atoms with van der Waals surface area (Å²) in [6.07, 6.45) is 1.51. The number of aromatic nitrogens is 3. The first-order valence-electron chi connectivity index (χ1n) is 6.08. The highest BCUT2D eigenvalue weighted by molar-refractivity contribution is 5.25. The molecule has 0 fully saturated rings. The highest BCUT2D eigenvalue weighted by Gasteiger charge is 2.30. The van der Waals surface area contributed by atoms with Gasteiger partial charge in [-0.1, -0.05) is 44.2 Å². The largest absolute Gasteiger partial charge is 0.392 e. The van der Waals surface area contributed by atoms with Crippen LogP contribution in [0.3, 0.4) is 0 Å². The fourth-order valence-electron chi connectivity index (χ4n) is 1.99. The lowest BCUT2D eigenvalue weighted by atomic mass is 9.78. The highest BCUT2D eigenvalue weighted by atomic mass is 16.3. The molecule has 18 heavy (non-hydrogen) atoms. The Kier molecular flexibility index (Phi) is 3.48. The number of hydrogen-bond acceptors (Lipinski definition) is 3. The number of rotatable bonds is 4. The highest BCUT2D eigenvalue weighted by Crippen LogP contribution is 2.28. The Balaban J connectivity index is 2.18. The Bertz CT molecular complexity index is 505. The molecule has 0 spiro atoms. The first kappa shape index (κ1) is 12.8. The normalized spacial score (nSPS) is 13.6. The van der Waals surface area contributed by atoms with Gasteiger partial charge in [-0.15, -0.1) is 0 Å². The minimum absolute atomic E-state index is 0.312. The van der Waals surface area contributed by atoms with Gasteiger partial charge in [0.1, 0.15) is 12.2 Å². The van der Waals surface area contributed by atoms with Gasteiger partial charge < -0.3 is 5.11 Å². The summed E-state index contributed by atoms with van der Waals surface area (Å²) in [5.41, 5.74) is 0.812. The number of benzene rings is 1. The Morgan fingerprint density at radius 2 is 1.94 bits per heavy atom. The lowest BCUT2D eigenvalue weighted by molar-refractivity contribution is 0.0971. The number of hydrogen-bond donors (Lipinski definition) is 1. The van der Waals surface area contributed by atoms with Crippen LogP contribution >= 0.6 is 0 Å². The van der Waals surface area contributed by atoms with Gasteiger partial charge in [0.05, 0.1) is 6.10 Å². The third-order valence-electron chi connectivity index (χ3n) is 3.53. The van der Waals surface area contributed by atoms with Crippen LogP contribution < -0.4 is 0 Å². The Hall–Kier alpha value is -1.68. The third kappa shape index (κ3) is 2.43. The molecule has 4 nitrogen and oxygen atoms in total. The van der Waals surface area contributed by atoms with Crippen molar-refractivity contribution in [3.8, 4) is 0 Å². The summed E-state index contributed by atoms with van der Waals surface area (Å²) in [7, 11) is 1.84. The van der Waals surface area contributed by atoms with Crippen molar-refractivity contribution in [2.75, 3.05) is 0 Å². The van der Waals surface area contributed by atoms with Gasteiger partial charge in [-0.05, 0) is 5.56 Å². The van der Waals surface area contributed by atoms with E-state index in [4.69, 9.17) is 0 Å². The molecule has 0 aliphatic heterocycles. The third-order valence-corrected chi connectivity index (χ3v) is 3.53. The van der Waals surface area contributed by atoms with Gasteiger partial charge >= 0.3 is 0 Å². The van der Waals surface area contributed by atoms with Crippen LogP contribution in [0.15, 0.2) is 36.7 Å². The van der Waals surface area contributed by atoms with Gasteiger partial charge in [-0.3, -0.25) is 4.68 Å². The first-order chi connectivity index (χ1) is 8.51. The summed E-state index contributed by atoms with van der Waals surface area (Å²) < 4.78 is 1.70. The molecule has 2 rings (SSSR count). The molecule has 1 atom stereocenters. The molecule has 0 aliphatic carbocycles. The van der Waals surface area contributed by atoms with Crippen LogP contribution in [0, 0.1) is 0 Å². The molecular formula is C14H19N3O. The smallest absolute Gasteiger partial charge is 0.138 e. The van der Waals surface area contributed by atoms with Gasteiger partial charge in [0.2, 0.25) is 0 Å². The van der Waals surface area contributed by atoms with Crippen LogP contribution in [0.1, 0.15) is 25.2 Å². The van der Waals surface area contributed by atoms with E-state index in [9.17, 15) is 5.11 Å². The summed E-state index contributed by atoms with van der Waals surface area (Å²) in [5, 5.41) is 14.5. The van der Waals surface area contributed by atoms with Crippen LogP contribution in [0.5, 0.6) is 0 Å². The van der Waals surface area contributed by atoms with Crippen LogP contribution in [0.4, 0.5) is 0 Å². The molecular weight excluding hydrogens is 226 g/mol. The van der Waals surface area contributed by atoms with E-state index in [-0.39, 0.29) is 5.41 Å². The second-order valence-corrected chi connectivity index (χ2v) is 5.11. The minimum atomic E-state index is -0.497. The van der Waals surface area contributed by atoms with Gasteiger partial charge in [-0.2, -0.15) is 5.10 Å². The molecule has 1 aromatic carbocycles. The maximum atomic E-state index is 10.4. The topological polar surface area (TPSA) is 50.9 Å². The van der Waals surface area contributed by atoms with E-state index in [0.29, 0.717) is 6.42 Å². The van der Waals surface area contributed by atoms with Crippen molar-refractivity contribution in [1.82, 2.24) is 14.8 Å². The van der Waals surface area contributed by atoms with E-state index in [1.54, 1.807) is 4.68 Å². The summed E-state index contributed by atoms with van der Waals surface area (Å²) in [6, 6.07) is 10.0. The van der Waals surface area contributed by atoms with Crippen molar-refractivity contribution in [3.05, 3.63) is 48.0 Å². The molecule has 2 aromatic rings. The second kappa shape index (κ2) is 4.90. The number of aliphatic hydroxyl groups is 1. The van der Waals surface area contributed by atoms with E-state index in [1.807, 2.05) is 51.2 Å². The molecule has 4 heteroatoms. The summed E-state index contributed by atoms with van der Waals surface area (Å²) in [4.78, 5) is 4.15.